The Morgan fingerprint density at radius 3 is 2.42 bits per heavy atom. The number of aromatic nitrogens is 1. The quantitative estimate of drug-likeness (QED) is 0.0496. The number of H-pyrrole nitrogens is 1. The van der Waals surface area contributed by atoms with Crippen molar-refractivity contribution in [2.24, 2.45) is 5.10 Å². The van der Waals surface area contributed by atoms with E-state index in [1.165, 1.54) is 6.21 Å². The van der Waals surface area contributed by atoms with E-state index in [1.54, 1.807) is 36.4 Å². The summed E-state index contributed by atoms with van der Waals surface area (Å²) < 4.78 is 18.8. The normalized spacial score (nSPS) is 11.1. The highest BCUT2D eigenvalue weighted by Gasteiger charge is 2.20. The maximum atomic E-state index is 13.4. The second-order valence-electron chi connectivity index (χ2n) is 9.23. The molecule has 0 atom stereocenters. The maximum absolute atomic E-state index is 13.4. The molecule has 0 bridgehead atoms. The van der Waals surface area contributed by atoms with Crippen LogP contribution in [0.3, 0.4) is 0 Å². The van der Waals surface area contributed by atoms with Crippen molar-refractivity contribution in [1.29, 1.82) is 0 Å². The lowest BCUT2D eigenvalue weighted by molar-refractivity contribution is 0.0733. The molecule has 1 amide bonds. The second-order valence-corrected chi connectivity index (χ2v) is 11.4. The molecular weight excluding hydrogens is 725 g/mol. The van der Waals surface area contributed by atoms with Gasteiger partial charge in [-0.3, -0.25) is 4.79 Å². The van der Waals surface area contributed by atoms with Crippen molar-refractivity contribution >= 4 is 67.5 Å². The van der Waals surface area contributed by atoms with Crippen LogP contribution in [0.2, 0.25) is 0 Å². The Morgan fingerprint density at radius 1 is 0.907 bits per heavy atom. The van der Waals surface area contributed by atoms with Gasteiger partial charge in [-0.25, -0.2) is 10.2 Å². The van der Waals surface area contributed by atoms with Gasteiger partial charge < -0.3 is 19.2 Å². The van der Waals surface area contributed by atoms with Gasteiger partial charge >= 0.3 is 5.97 Å². The first-order chi connectivity index (χ1) is 20.9. The molecule has 0 aliphatic heterocycles. The topological polar surface area (TPSA) is 102 Å². The van der Waals surface area contributed by atoms with Gasteiger partial charge in [0, 0.05) is 30.1 Å². The minimum atomic E-state index is -0.578. The van der Waals surface area contributed by atoms with Crippen molar-refractivity contribution in [3.8, 4) is 28.4 Å². The molecule has 2 N–H and O–H groups in total. The number of benzene rings is 4. The summed E-state index contributed by atoms with van der Waals surface area (Å²) >= 11 is 5.71. The molecule has 43 heavy (non-hydrogen) atoms. The van der Waals surface area contributed by atoms with Gasteiger partial charge in [-0.1, -0.05) is 46.3 Å². The molecule has 0 spiro atoms. The fourth-order valence-corrected chi connectivity index (χ4v) is 5.38. The monoisotopic (exact) mass is 751 g/mol. The summed E-state index contributed by atoms with van der Waals surface area (Å²) in [5.41, 5.74) is 6.33. The molecular formula is C33H27BrIN3O5. The van der Waals surface area contributed by atoms with Crippen LogP contribution in [-0.2, 0) is 0 Å². The molecule has 0 radical (unpaired) electrons. The summed E-state index contributed by atoms with van der Waals surface area (Å²) in [7, 11) is 0. The lowest BCUT2D eigenvalue weighted by Gasteiger charge is -2.13. The predicted molar refractivity (Wildman–Crippen MR) is 179 cm³/mol. The molecule has 5 aromatic rings. The standard InChI is InChI=1S/C33H27BrIN3O5/c1-3-41-28-14-10-21(17-29(28)42-4-2)33(40)43-27-15-11-23(34)16-22(27)19-36-38-32(39)31-30(20-8-6-5-7-9-20)25-18-24(35)12-13-26(25)37-31/h5-19,37H,3-4H2,1-2H3,(H,38,39). The Hall–Kier alpha value is -4.16. The average Bonchev–Trinajstić information content (AvgIpc) is 3.38. The van der Waals surface area contributed by atoms with Gasteiger partial charge in [0.25, 0.3) is 5.91 Å². The summed E-state index contributed by atoms with van der Waals surface area (Å²) in [4.78, 5) is 29.7. The summed E-state index contributed by atoms with van der Waals surface area (Å²) in [5, 5.41) is 5.14. The number of carbonyl (C=O) groups is 2. The fourth-order valence-electron chi connectivity index (χ4n) is 4.51. The van der Waals surface area contributed by atoms with E-state index in [1.807, 2.05) is 62.4 Å². The third kappa shape index (κ3) is 7.08. The number of halogens is 2. The van der Waals surface area contributed by atoms with E-state index in [-0.39, 0.29) is 5.75 Å². The fraction of sp³-hybridized carbons (Fsp3) is 0.121. The van der Waals surface area contributed by atoms with Crippen molar-refractivity contribution < 1.29 is 23.8 Å². The Bertz CT molecular complexity index is 1820. The second kappa shape index (κ2) is 13.9. The molecule has 1 heterocycles. The number of rotatable bonds is 10. The molecule has 0 saturated carbocycles. The van der Waals surface area contributed by atoms with Gasteiger partial charge in [0.1, 0.15) is 11.4 Å². The Morgan fingerprint density at radius 2 is 1.65 bits per heavy atom. The molecule has 5 rings (SSSR count). The first-order valence-electron chi connectivity index (χ1n) is 13.5. The number of ether oxygens (including phenoxy) is 3. The highest BCUT2D eigenvalue weighted by molar-refractivity contribution is 14.1. The van der Waals surface area contributed by atoms with Crippen LogP contribution in [0.5, 0.6) is 17.2 Å². The number of hydrogen-bond acceptors (Lipinski definition) is 6. The molecule has 10 heteroatoms. The van der Waals surface area contributed by atoms with E-state index in [9.17, 15) is 9.59 Å². The third-order valence-corrected chi connectivity index (χ3v) is 7.54. The number of nitrogens with one attached hydrogen (secondary N) is 2. The van der Waals surface area contributed by atoms with E-state index in [2.05, 4.69) is 54.0 Å². The first kappa shape index (κ1) is 30.3. The van der Waals surface area contributed by atoms with Crippen molar-refractivity contribution in [1.82, 2.24) is 10.4 Å². The zero-order valence-electron chi connectivity index (χ0n) is 23.3. The highest BCUT2D eigenvalue weighted by atomic mass is 127. The van der Waals surface area contributed by atoms with Crippen LogP contribution in [0, 0.1) is 3.57 Å². The van der Waals surface area contributed by atoms with Gasteiger partial charge in [0.05, 0.1) is 25.0 Å². The lowest BCUT2D eigenvalue weighted by atomic mass is 10.0. The first-order valence-corrected chi connectivity index (χ1v) is 15.4. The van der Waals surface area contributed by atoms with E-state index >= 15 is 0 Å². The molecule has 0 aliphatic carbocycles. The van der Waals surface area contributed by atoms with E-state index in [4.69, 9.17) is 14.2 Å². The SMILES string of the molecule is CCOc1ccc(C(=O)Oc2ccc(Br)cc2C=NNC(=O)c2[nH]c3ccc(I)cc3c2-c2ccccc2)cc1OCC. The summed E-state index contributed by atoms with van der Waals surface area (Å²) in [6.45, 7) is 4.62. The predicted octanol–water partition coefficient (Wildman–Crippen LogP) is 7.98. The van der Waals surface area contributed by atoms with Crippen LogP contribution in [0.1, 0.15) is 40.3 Å². The minimum Gasteiger partial charge on any atom is -0.490 e. The van der Waals surface area contributed by atoms with Crippen LogP contribution in [0.4, 0.5) is 0 Å². The Kier molecular flexibility index (Phi) is 9.78. The maximum Gasteiger partial charge on any atom is 0.343 e. The van der Waals surface area contributed by atoms with Crippen molar-refractivity contribution in [3.63, 3.8) is 0 Å². The Balaban J connectivity index is 1.38. The van der Waals surface area contributed by atoms with E-state index < -0.39 is 11.9 Å². The molecule has 0 unspecified atom stereocenters. The van der Waals surface area contributed by atoms with Crippen molar-refractivity contribution in [2.75, 3.05) is 13.2 Å². The molecule has 4 aromatic carbocycles. The number of fused-ring (bicyclic) bond motifs is 1. The molecule has 0 fully saturated rings. The zero-order chi connectivity index (χ0) is 30.3. The zero-order valence-corrected chi connectivity index (χ0v) is 27.1. The van der Waals surface area contributed by atoms with Gasteiger partial charge in [-0.15, -0.1) is 0 Å². The van der Waals surface area contributed by atoms with Crippen LogP contribution in [0.15, 0.2) is 94.5 Å². The molecule has 218 valence electrons. The smallest absolute Gasteiger partial charge is 0.343 e. The van der Waals surface area contributed by atoms with E-state index in [0.717, 1.165) is 30.1 Å². The Labute approximate surface area is 270 Å². The number of hydrazone groups is 1. The number of hydrogen-bond donors (Lipinski definition) is 2. The summed E-state index contributed by atoms with van der Waals surface area (Å²) in [6.07, 6.45) is 1.43. The molecule has 0 saturated heterocycles. The van der Waals surface area contributed by atoms with Crippen LogP contribution < -0.4 is 19.6 Å². The number of aromatic amines is 1. The lowest BCUT2D eigenvalue weighted by Crippen LogP contribution is -2.19. The van der Waals surface area contributed by atoms with Crippen molar-refractivity contribution in [3.05, 3.63) is 110 Å². The van der Waals surface area contributed by atoms with Gasteiger partial charge in [-0.2, -0.15) is 5.10 Å². The summed E-state index contributed by atoms with van der Waals surface area (Å²) in [6, 6.07) is 25.7. The third-order valence-electron chi connectivity index (χ3n) is 6.37. The number of carbonyl (C=O) groups excluding carboxylic acids is 2. The number of esters is 1. The molecule has 0 aliphatic rings. The van der Waals surface area contributed by atoms with Crippen LogP contribution >= 0.6 is 38.5 Å². The largest absolute Gasteiger partial charge is 0.490 e. The van der Waals surface area contributed by atoms with Gasteiger partial charge in [0.15, 0.2) is 11.5 Å². The number of amides is 1. The van der Waals surface area contributed by atoms with Crippen LogP contribution in [0.25, 0.3) is 22.0 Å². The number of nitrogens with zero attached hydrogens (tertiary/aromatic N) is 1. The van der Waals surface area contributed by atoms with Gasteiger partial charge in [-0.05, 0) is 96.6 Å². The molecule has 8 nitrogen and oxygen atoms in total. The van der Waals surface area contributed by atoms with Crippen LogP contribution in [-0.4, -0.2) is 36.3 Å². The molecule has 1 aromatic heterocycles. The summed E-state index contributed by atoms with van der Waals surface area (Å²) in [5.74, 6) is 0.287. The highest BCUT2D eigenvalue weighted by Crippen LogP contribution is 2.34. The average molecular weight is 752 g/mol. The minimum absolute atomic E-state index is 0.267. The van der Waals surface area contributed by atoms with E-state index in [0.29, 0.717) is 41.5 Å². The van der Waals surface area contributed by atoms with Crippen molar-refractivity contribution in [2.45, 2.75) is 13.8 Å². The van der Waals surface area contributed by atoms with Gasteiger partial charge in [0.2, 0.25) is 0 Å².